The molecule has 0 saturated carbocycles. The number of aliphatic carboxylic acids is 1. The highest BCUT2D eigenvalue weighted by atomic mass is 79.9. The first kappa shape index (κ1) is 23.3. The lowest BCUT2D eigenvalue weighted by molar-refractivity contribution is -0.143. The second-order valence-corrected chi connectivity index (χ2v) is 9.21. The van der Waals surface area contributed by atoms with Crippen LogP contribution in [0.25, 0.3) is 0 Å². The van der Waals surface area contributed by atoms with Gasteiger partial charge in [-0.3, -0.25) is 9.69 Å². The molecule has 1 atom stereocenters. The molecule has 5 nitrogen and oxygen atoms in total. The zero-order valence-electron chi connectivity index (χ0n) is 18.6. The Bertz CT molecular complexity index is 1080. The number of hydrogen-bond acceptors (Lipinski definition) is 4. The molecule has 1 aliphatic rings. The number of nitrogens with zero attached hydrogens (tertiary/aromatic N) is 1. The van der Waals surface area contributed by atoms with E-state index < -0.39 is 5.97 Å². The fraction of sp³-hybridized carbons (Fsp3) is 0.296. The number of halogens is 1. The number of piperidine rings is 1. The smallest absolute Gasteiger partial charge is 0.306 e. The van der Waals surface area contributed by atoms with Gasteiger partial charge in [-0.15, -0.1) is 0 Å². The molecular weight excluding hydrogens is 482 g/mol. The van der Waals surface area contributed by atoms with Crippen molar-refractivity contribution in [2.45, 2.75) is 25.5 Å². The molecule has 0 radical (unpaired) electrons. The summed E-state index contributed by atoms with van der Waals surface area (Å²) < 4.78 is 12.8. The van der Waals surface area contributed by atoms with Gasteiger partial charge in [0.2, 0.25) is 0 Å². The molecule has 4 rings (SSSR count). The Hall–Kier alpha value is -2.83. The van der Waals surface area contributed by atoms with Gasteiger partial charge in [0, 0.05) is 4.47 Å². The van der Waals surface area contributed by atoms with Gasteiger partial charge in [-0.2, -0.15) is 0 Å². The van der Waals surface area contributed by atoms with Crippen molar-refractivity contribution in [1.82, 2.24) is 4.90 Å². The molecule has 0 aliphatic carbocycles. The van der Waals surface area contributed by atoms with Crippen LogP contribution in [0.1, 0.15) is 35.6 Å². The second kappa shape index (κ2) is 10.9. The highest BCUT2D eigenvalue weighted by Crippen LogP contribution is 2.38. The summed E-state index contributed by atoms with van der Waals surface area (Å²) in [5, 5.41) is 9.41. The average Bonchev–Trinajstić information content (AvgIpc) is 2.84. The Kier molecular flexibility index (Phi) is 7.68. The quantitative estimate of drug-likeness (QED) is 0.408. The highest BCUT2D eigenvalue weighted by Gasteiger charge is 2.30. The van der Waals surface area contributed by atoms with Crippen molar-refractivity contribution in [2.75, 3.05) is 20.2 Å². The van der Waals surface area contributed by atoms with Crippen LogP contribution in [0.3, 0.4) is 0 Å². The van der Waals surface area contributed by atoms with Crippen molar-refractivity contribution in [1.29, 1.82) is 0 Å². The lowest BCUT2D eigenvalue weighted by Gasteiger charge is -2.37. The monoisotopic (exact) mass is 509 g/mol. The van der Waals surface area contributed by atoms with Crippen molar-refractivity contribution in [2.24, 2.45) is 5.92 Å². The van der Waals surface area contributed by atoms with Gasteiger partial charge >= 0.3 is 5.97 Å². The molecule has 6 heteroatoms. The number of hydrogen-bond donors (Lipinski definition) is 1. The summed E-state index contributed by atoms with van der Waals surface area (Å²) in [5.41, 5.74) is 3.33. The minimum absolute atomic E-state index is 0.00526. The maximum absolute atomic E-state index is 11.4. The van der Waals surface area contributed by atoms with E-state index in [0.29, 0.717) is 30.9 Å². The minimum atomic E-state index is -0.699. The van der Waals surface area contributed by atoms with Gasteiger partial charge < -0.3 is 14.6 Å². The third kappa shape index (κ3) is 5.75. The van der Waals surface area contributed by atoms with Crippen molar-refractivity contribution in [3.63, 3.8) is 0 Å². The van der Waals surface area contributed by atoms with E-state index in [1.807, 2.05) is 54.6 Å². The molecular formula is C27H28BrNO4. The highest BCUT2D eigenvalue weighted by molar-refractivity contribution is 9.10. The Morgan fingerprint density at radius 2 is 1.73 bits per heavy atom. The predicted molar refractivity (Wildman–Crippen MR) is 132 cm³/mol. The van der Waals surface area contributed by atoms with Crippen molar-refractivity contribution in [3.8, 4) is 11.5 Å². The third-order valence-electron chi connectivity index (χ3n) is 6.15. The van der Waals surface area contributed by atoms with Gasteiger partial charge in [-0.25, -0.2) is 0 Å². The molecule has 0 bridgehead atoms. The molecule has 1 unspecified atom stereocenters. The normalized spacial score (nSPS) is 15.7. The minimum Gasteiger partial charge on any atom is -0.493 e. The van der Waals surface area contributed by atoms with E-state index in [1.165, 1.54) is 0 Å². The Labute approximate surface area is 203 Å². The number of carboxylic acid groups (broad SMARTS) is 1. The SMILES string of the molecule is COc1cc(C(c2cccc(Br)c2)N2CCC(C(=O)O)CC2)ccc1OCc1ccccc1. The first-order valence-electron chi connectivity index (χ1n) is 11.1. The van der Waals surface area contributed by atoms with E-state index >= 15 is 0 Å². The van der Waals surface area contributed by atoms with Crippen LogP contribution >= 0.6 is 15.9 Å². The van der Waals surface area contributed by atoms with E-state index in [9.17, 15) is 9.90 Å². The van der Waals surface area contributed by atoms with Crippen LogP contribution in [0, 0.1) is 5.92 Å². The van der Waals surface area contributed by atoms with Crippen LogP contribution in [-0.4, -0.2) is 36.2 Å². The van der Waals surface area contributed by atoms with Crippen molar-refractivity contribution >= 4 is 21.9 Å². The fourth-order valence-corrected chi connectivity index (χ4v) is 4.82. The average molecular weight is 510 g/mol. The first-order valence-corrected chi connectivity index (χ1v) is 11.9. The zero-order valence-corrected chi connectivity index (χ0v) is 20.2. The van der Waals surface area contributed by atoms with Crippen molar-refractivity contribution in [3.05, 3.63) is 94.0 Å². The van der Waals surface area contributed by atoms with Crippen LogP contribution in [0.15, 0.2) is 77.3 Å². The zero-order chi connectivity index (χ0) is 23.2. The number of carboxylic acids is 1. The van der Waals surface area contributed by atoms with Gasteiger partial charge in [0.05, 0.1) is 19.1 Å². The fourth-order valence-electron chi connectivity index (χ4n) is 4.40. The summed E-state index contributed by atoms with van der Waals surface area (Å²) in [6.45, 7) is 1.92. The van der Waals surface area contributed by atoms with Crippen LogP contribution in [0.2, 0.25) is 0 Å². The lowest BCUT2D eigenvalue weighted by atomic mass is 9.91. The van der Waals surface area contributed by atoms with Crippen LogP contribution in [0.5, 0.6) is 11.5 Å². The molecule has 0 aromatic heterocycles. The summed E-state index contributed by atoms with van der Waals surface area (Å²) >= 11 is 3.60. The number of benzene rings is 3. The molecule has 33 heavy (non-hydrogen) atoms. The summed E-state index contributed by atoms with van der Waals surface area (Å²) in [7, 11) is 1.65. The van der Waals surface area contributed by atoms with Gasteiger partial charge in [0.15, 0.2) is 11.5 Å². The number of carbonyl (C=O) groups is 1. The molecule has 1 heterocycles. The van der Waals surface area contributed by atoms with Crippen LogP contribution in [-0.2, 0) is 11.4 Å². The number of likely N-dealkylation sites (tertiary alicyclic amines) is 1. The molecule has 1 aliphatic heterocycles. The summed E-state index contributed by atoms with van der Waals surface area (Å²) in [5.74, 6) is 0.412. The molecule has 172 valence electrons. The molecule has 1 saturated heterocycles. The molecule has 1 N–H and O–H groups in total. The Morgan fingerprint density at radius 1 is 1.00 bits per heavy atom. The summed E-state index contributed by atoms with van der Waals surface area (Å²) in [4.78, 5) is 13.8. The molecule has 0 spiro atoms. The molecule has 1 fully saturated rings. The van der Waals surface area contributed by atoms with Crippen LogP contribution < -0.4 is 9.47 Å². The van der Waals surface area contributed by atoms with E-state index in [1.54, 1.807) is 7.11 Å². The van der Waals surface area contributed by atoms with E-state index in [0.717, 1.165) is 34.3 Å². The van der Waals surface area contributed by atoms with E-state index in [-0.39, 0.29) is 12.0 Å². The summed E-state index contributed by atoms with van der Waals surface area (Å²) in [6, 6.07) is 24.4. The molecule has 3 aromatic rings. The largest absolute Gasteiger partial charge is 0.493 e. The first-order chi connectivity index (χ1) is 16.0. The maximum Gasteiger partial charge on any atom is 0.306 e. The summed E-state index contributed by atoms with van der Waals surface area (Å²) in [6.07, 6.45) is 1.30. The second-order valence-electron chi connectivity index (χ2n) is 8.29. The van der Waals surface area contributed by atoms with Gasteiger partial charge in [0.1, 0.15) is 6.61 Å². The predicted octanol–water partition coefficient (Wildman–Crippen LogP) is 5.92. The third-order valence-corrected chi connectivity index (χ3v) is 6.64. The van der Waals surface area contributed by atoms with Gasteiger partial charge in [-0.05, 0) is 66.9 Å². The van der Waals surface area contributed by atoms with Crippen LogP contribution in [0.4, 0.5) is 0 Å². The number of rotatable bonds is 8. The Balaban J connectivity index is 1.61. The number of methoxy groups -OCH3 is 1. The van der Waals surface area contributed by atoms with E-state index in [4.69, 9.17) is 9.47 Å². The van der Waals surface area contributed by atoms with Crippen molar-refractivity contribution < 1.29 is 19.4 Å². The molecule has 0 amide bonds. The Morgan fingerprint density at radius 3 is 2.39 bits per heavy atom. The maximum atomic E-state index is 11.4. The number of ether oxygens (including phenoxy) is 2. The van der Waals surface area contributed by atoms with Gasteiger partial charge in [-0.1, -0.05) is 64.5 Å². The topological polar surface area (TPSA) is 59.0 Å². The van der Waals surface area contributed by atoms with Gasteiger partial charge in [0.25, 0.3) is 0 Å². The standard InChI is InChI=1S/C27H28BrNO4/c1-32-25-17-22(10-11-24(25)33-18-19-6-3-2-4-7-19)26(21-8-5-9-23(28)16-21)29-14-12-20(13-15-29)27(30)31/h2-11,16-17,20,26H,12-15,18H2,1H3,(H,30,31). The molecule has 3 aromatic carbocycles. The lowest BCUT2D eigenvalue weighted by Crippen LogP contribution is -2.39. The van der Waals surface area contributed by atoms with E-state index in [2.05, 4.69) is 39.0 Å².